The average Bonchev–Trinajstić information content (AvgIpc) is 2.33. The third kappa shape index (κ3) is 1.44. The van der Waals surface area contributed by atoms with Gasteiger partial charge in [0, 0.05) is 13.6 Å². The van der Waals surface area contributed by atoms with E-state index in [1.165, 1.54) is 0 Å². The molecule has 1 atom stereocenters. The molecule has 1 rings (SSSR count). The molecule has 4 nitrogen and oxygen atoms in total. The van der Waals surface area contributed by atoms with E-state index in [9.17, 15) is 4.79 Å². The molecule has 1 saturated heterocycles. The Bertz CT molecular complexity index is 191. The van der Waals surface area contributed by atoms with E-state index in [0.29, 0.717) is 6.42 Å². The summed E-state index contributed by atoms with van der Waals surface area (Å²) in [5, 5.41) is 0. The normalized spacial score (nSPS) is 25.2. The summed E-state index contributed by atoms with van der Waals surface area (Å²) in [7, 11) is 1.79. The molecule has 0 bridgehead atoms. The van der Waals surface area contributed by atoms with Crippen molar-refractivity contribution in [2.75, 3.05) is 13.6 Å². The highest BCUT2D eigenvalue weighted by Crippen LogP contribution is 2.24. The van der Waals surface area contributed by atoms with Crippen molar-refractivity contribution in [3.05, 3.63) is 0 Å². The second kappa shape index (κ2) is 3.03. The number of hydrogen-bond acceptors (Lipinski definition) is 3. The van der Waals surface area contributed by atoms with Gasteiger partial charge in [-0.2, -0.15) is 0 Å². The van der Waals surface area contributed by atoms with Crippen molar-refractivity contribution < 1.29 is 4.79 Å². The molecule has 1 fully saturated rings. The van der Waals surface area contributed by atoms with Gasteiger partial charge in [-0.05, 0) is 12.8 Å². The van der Waals surface area contributed by atoms with Crippen LogP contribution in [0.3, 0.4) is 0 Å². The van der Waals surface area contributed by atoms with Crippen LogP contribution >= 0.6 is 0 Å². The maximum atomic E-state index is 11.5. The molecule has 0 aromatic heterocycles. The van der Waals surface area contributed by atoms with Gasteiger partial charge in [0.15, 0.2) is 0 Å². The number of likely N-dealkylation sites (tertiary alicyclic amines) is 1. The number of carbonyl (C=O) groups is 1. The summed E-state index contributed by atoms with van der Waals surface area (Å²) < 4.78 is 0. The molecule has 0 saturated carbocycles. The number of hydrogen-bond donors (Lipinski definition) is 2. The molecule has 1 heterocycles. The second-order valence-electron chi connectivity index (χ2n) is 3.57. The van der Waals surface area contributed by atoms with Crippen LogP contribution < -0.4 is 11.5 Å². The molecule has 12 heavy (non-hydrogen) atoms. The maximum absolute atomic E-state index is 11.5. The molecular weight excluding hydrogens is 154 g/mol. The number of amides is 1. The summed E-state index contributed by atoms with van der Waals surface area (Å²) in [6.07, 6.45) is 1.42. The first-order valence-corrected chi connectivity index (χ1v) is 4.31. The Balaban J connectivity index is 2.71. The lowest BCUT2D eigenvalue weighted by Crippen LogP contribution is -2.57. The average molecular weight is 171 g/mol. The highest BCUT2D eigenvalue weighted by Gasteiger charge is 2.40. The quantitative estimate of drug-likeness (QED) is 0.549. The predicted molar refractivity (Wildman–Crippen MR) is 47.1 cm³/mol. The Kier molecular flexibility index (Phi) is 2.39. The van der Waals surface area contributed by atoms with Gasteiger partial charge in [0.1, 0.15) is 0 Å². The van der Waals surface area contributed by atoms with Crippen molar-refractivity contribution in [2.24, 2.45) is 17.4 Å². The van der Waals surface area contributed by atoms with Crippen LogP contribution in [0.25, 0.3) is 0 Å². The summed E-state index contributed by atoms with van der Waals surface area (Å²) >= 11 is 0. The summed E-state index contributed by atoms with van der Waals surface area (Å²) in [5.41, 5.74) is 10.8. The van der Waals surface area contributed by atoms with E-state index in [-0.39, 0.29) is 11.8 Å². The summed E-state index contributed by atoms with van der Waals surface area (Å²) in [5.74, 6) is -0.102. The largest absolute Gasteiger partial charge is 0.345 e. The smallest absolute Gasteiger partial charge is 0.228 e. The van der Waals surface area contributed by atoms with Gasteiger partial charge in [0.05, 0.1) is 11.6 Å². The van der Waals surface area contributed by atoms with Crippen LogP contribution in [0.4, 0.5) is 0 Å². The van der Waals surface area contributed by atoms with Gasteiger partial charge < -0.3 is 16.4 Å². The van der Waals surface area contributed by atoms with Crippen molar-refractivity contribution in [3.63, 3.8) is 0 Å². The molecule has 1 amide bonds. The molecule has 1 unspecified atom stereocenters. The first kappa shape index (κ1) is 9.48. The first-order chi connectivity index (χ1) is 5.49. The van der Waals surface area contributed by atoms with Crippen LogP contribution in [0, 0.1) is 5.92 Å². The van der Waals surface area contributed by atoms with Crippen LogP contribution in [0.5, 0.6) is 0 Å². The fourth-order valence-corrected chi connectivity index (χ4v) is 1.57. The van der Waals surface area contributed by atoms with Crippen molar-refractivity contribution in [3.8, 4) is 0 Å². The topological polar surface area (TPSA) is 72.3 Å². The van der Waals surface area contributed by atoms with Crippen LogP contribution in [-0.4, -0.2) is 30.1 Å². The van der Waals surface area contributed by atoms with Crippen LogP contribution in [0.15, 0.2) is 0 Å². The molecule has 1 aliphatic rings. The fraction of sp³-hybridized carbons (Fsp3) is 0.875. The number of nitrogens with zero attached hydrogens (tertiary/aromatic N) is 1. The molecule has 0 radical (unpaired) electrons. The SMILES string of the molecule is CCC(N)(N)C1CCN(C)C1=O. The monoisotopic (exact) mass is 171 g/mol. The third-order valence-corrected chi connectivity index (χ3v) is 2.69. The lowest BCUT2D eigenvalue weighted by Gasteiger charge is -2.28. The van der Waals surface area contributed by atoms with Gasteiger partial charge >= 0.3 is 0 Å². The Hall–Kier alpha value is -0.610. The highest BCUT2D eigenvalue weighted by atomic mass is 16.2. The van der Waals surface area contributed by atoms with Crippen molar-refractivity contribution >= 4 is 5.91 Å². The Morgan fingerprint density at radius 2 is 2.25 bits per heavy atom. The van der Waals surface area contributed by atoms with E-state index in [2.05, 4.69) is 0 Å². The lowest BCUT2D eigenvalue weighted by atomic mass is 9.90. The standard InChI is InChI=1S/C8H17N3O/c1-3-8(9,10)6-4-5-11(2)7(6)12/h6H,3-5,9-10H2,1-2H3. The summed E-state index contributed by atoms with van der Waals surface area (Å²) in [4.78, 5) is 13.2. The molecule has 70 valence electrons. The first-order valence-electron chi connectivity index (χ1n) is 4.31. The van der Waals surface area contributed by atoms with Crippen molar-refractivity contribution in [1.82, 2.24) is 4.90 Å². The number of rotatable bonds is 2. The van der Waals surface area contributed by atoms with E-state index >= 15 is 0 Å². The van der Waals surface area contributed by atoms with Crippen LogP contribution in [0.2, 0.25) is 0 Å². The van der Waals surface area contributed by atoms with E-state index in [4.69, 9.17) is 11.5 Å². The fourth-order valence-electron chi connectivity index (χ4n) is 1.57. The second-order valence-corrected chi connectivity index (χ2v) is 3.57. The van der Waals surface area contributed by atoms with E-state index in [1.807, 2.05) is 6.92 Å². The Morgan fingerprint density at radius 1 is 1.67 bits per heavy atom. The minimum Gasteiger partial charge on any atom is -0.345 e. The molecule has 4 N–H and O–H groups in total. The zero-order valence-corrected chi connectivity index (χ0v) is 7.71. The van der Waals surface area contributed by atoms with Crippen LogP contribution in [0.1, 0.15) is 19.8 Å². The summed E-state index contributed by atoms with van der Waals surface area (Å²) in [6.45, 7) is 2.69. The minimum absolute atomic E-state index is 0.0850. The summed E-state index contributed by atoms with van der Waals surface area (Å²) in [6, 6.07) is 0. The molecule has 0 spiro atoms. The van der Waals surface area contributed by atoms with Crippen molar-refractivity contribution in [1.29, 1.82) is 0 Å². The Morgan fingerprint density at radius 3 is 2.58 bits per heavy atom. The molecular formula is C8H17N3O. The highest BCUT2D eigenvalue weighted by molar-refractivity contribution is 5.81. The van der Waals surface area contributed by atoms with E-state index in [0.717, 1.165) is 13.0 Å². The van der Waals surface area contributed by atoms with Gasteiger partial charge in [-0.15, -0.1) is 0 Å². The molecule has 1 aliphatic heterocycles. The van der Waals surface area contributed by atoms with Gasteiger partial charge in [0.25, 0.3) is 0 Å². The maximum Gasteiger partial charge on any atom is 0.228 e. The van der Waals surface area contributed by atoms with Crippen molar-refractivity contribution in [2.45, 2.75) is 25.4 Å². The zero-order chi connectivity index (χ0) is 9.35. The molecule has 0 aromatic carbocycles. The molecule has 0 aliphatic carbocycles. The number of carbonyl (C=O) groups excluding carboxylic acids is 1. The van der Waals surface area contributed by atoms with Gasteiger partial charge in [-0.3, -0.25) is 4.79 Å². The van der Waals surface area contributed by atoms with E-state index < -0.39 is 5.66 Å². The van der Waals surface area contributed by atoms with Gasteiger partial charge in [-0.1, -0.05) is 6.92 Å². The number of nitrogens with two attached hydrogens (primary N) is 2. The van der Waals surface area contributed by atoms with E-state index in [1.54, 1.807) is 11.9 Å². The molecule has 0 aromatic rings. The van der Waals surface area contributed by atoms with Crippen LogP contribution in [-0.2, 0) is 4.79 Å². The van der Waals surface area contributed by atoms with Gasteiger partial charge in [0.2, 0.25) is 5.91 Å². The predicted octanol–water partition coefficient (Wildman–Crippen LogP) is -0.512. The lowest BCUT2D eigenvalue weighted by molar-refractivity contribution is -0.131. The third-order valence-electron chi connectivity index (χ3n) is 2.69. The van der Waals surface area contributed by atoms with Gasteiger partial charge in [-0.25, -0.2) is 0 Å². The zero-order valence-electron chi connectivity index (χ0n) is 7.71. The molecule has 4 heteroatoms. The Labute approximate surface area is 72.9 Å². The minimum atomic E-state index is -0.818.